The first-order chi connectivity index (χ1) is 35.8. The Labute approximate surface area is 447 Å². The van der Waals surface area contributed by atoms with Crippen LogP contribution in [0.3, 0.4) is 0 Å². The third-order valence-electron chi connectivity index (χ3n) is 13.7. The molecule has 73 heavy (non-hydrogen) atoms. The summed E-state index contributed by atoms with van der Waals surface area (Å²) < 4.78 is 11.3. The van der Waals surface area contributed by atoms with E-state index in [2.05, 4.69) is 116 Å². The van der Waals surface area contributed by atoms with E-state index < -0.39 is 49.5 Å². The normalized spacial score (nSPS) is 19.8. The third-order valence-corrected chi connectivity index (χ3v) is 13.7. The summed E-state index contributed by atoms with van der Waals surface area (Å²) in [5.74, 6) is -0.150. The molecule has 0 aliphatic carbocycles. The third kappa shape index (κ3) is 42.0. The minimum Gasteiger partial charge on any atom is -0.394 e. The maximum atomic E-state index is 13.1. The van der Waals surface area contributed by atoms with Crippen LogP contribution in [0, 0.1) is 0 Å². The fourth-order valence-corrected chi connectivity index (χ4v) is 9.00. The summed E-state index contributed by atoms with van der Waals surface area (Å²) >= 11 is 0. The van der Waals surface area contributed by atoms with Crippen LogP contribution in [-0.4, -0.2) is 87.5 Å². The van der Waals surface area contributed by atoms with Gasteiger partial charge in [-0.25, -0.2) is 0 Å². The number of aliphatic hydroxyl groups excluding tert-OH is 5. The standard InChI is InChI=1S/C64H111NO8/c1-3-5-7-9-11-13-15-17-18-19-20-21-22-23-24-25-26-27-28-29-30-31-32-33-34-35-36-37-38-39-40-42-44-46-48-50-52-54-60(68)65-57(56-72-64-63(71)62(70)61(69)59(55-66)73-64)58(67)53-51-49-47-45-43-41-16-14-12-10-8-6-4-2/h5,7,11,13,17-18,20-21,23-24,26-27,29-30,32-33,57-59,61-64,66-67,69-71H,3-4,6,8-10,12,14-16,19,22,25,28,31,34-56H2,1-2H3,(H,65,68)/b7-5-,13-11-,18-17-,21-20-,24-23-,27-26-,30-29-,33-32-. The van der Waals surface area contributed by atoms with Crippen LogP contribution in [0.2, 0.25) is 0 Å². The van der Waals surface area contributed by atoms with Gasteiger partial charge in [0.1, 0.15) is 24.4 Å². The van der Waals surface area contributed by atoms with E-state index in [1.54, 1.807) is 0 Å². The number of allylic oxidation sites excluding steroid dienone is 16. The van der Waals surface area contributed by atoms with Gasteiger partial charge in [0.05, 0.1) is 25.4 Å². The van der Waals surface area contributed by atoms with E-state index in [-0.39, 0.29) is 12.5 Å². The molecule has 1 saturated heterocycles. The Kier molecular flexibility index (Phi) is 49.0. The lowest BCUT2D eigenvalue weighted by atomic mass is 9.99. The van der Waals surface area contributed by atoms with Gasteiger partial charge in [-0.3, -0.25) is 4.79 Å². The monoisotopic (exact) mass is 1020 g/mol. The van der Waals surface area contributed by atoms with Crippen molar-refractivity contribution in [2.24, 2.45) is 0 Å². The lowest BCUT2D eigenvalue weighted by molar-refractivity contribution is -0.302. The summed E-state index contributed by atoms with van der Waals surface area (Å²) in [4.78, 5) is 13.1. The van der Waals surface area contributed by atoms with Crippen LogP contribution in [0.15, 0.2) is 97.2 Å². The van der Waals surface area contributed by atoms with E-state index >= 15 is 0 Å². The van der Waals surface area contributed by atoms with E-state index in [0.29, 0.717) is 12.8 Å². The molecule has 0 aromatic carbocycles. The van der Waals surface area contributed by atoms with E-state index in [0.717, 1.165) is 89.9 Å². The van der Waals surface area contributed by atoms with E-state index in [9.17, 15) is 30.3 Å². The topological polar surface area (TPSA) is 149 Å². The first-order valence-corrected chi connectivity index (χ1v) is 29.9. The minimum atomic E-state index is -1.56. The summed E-state index contributed by atoms with van der Waals surface area (Å²) in [6, 6.07) is -0.724. The highest BCUT2D eigenvalue weighted by Gasteiger charge is 2.44. The van der Waals surface area contributed by atoms with Crippen LogP contribution in [0.25, 0.3) is 0 Å². The molecule has 0 saturated carbocycles. The van der Waals surface area contributed by atoms with Gasteiger partial charge in [-0.05, 0) is 77.0 Å². The van der Waals surface area contributed by atoms with Gasteiger partial charge in [-0.15, -0.1) is 0 Å². The van der Waals surface area contributed by atoms with Crippen LogP contribution in [0.4, 0.5) is 0 Å². The molecule has 6 N–H and O–H groups in total. The molecule has 1 rings (SSSR count). The van der Waals surface area contributed by atoms with E-state index in [4.69, 9.17) is 9.47 Å². The molecule has 1 fully saturated rings. The van der Waals surface area contributed by atoms with Gasteiger partial charge in [-0.1, -0.05) is 259 Å². The molecule has 0 aromatic heterocycles. The highest BCUT2D eigenvalue weighted by Crippen LogP contribution is 2.23. The molecule has 420 valence electrons. The van der Waals surface area contributed by atoms with Gasteiger partial charge in [0.15, 0.2) is 6.29 Å². The summed E-state index contributed by atoms with van der Waals surface area (Å²) in [5, 5.41) is 54.6. The maximum Gasteiger partial charge on any atom is 0.220 e. The number of carbonyl (C=O) groups excluding carboxylic acids is 1. The van der Waals surface area contributed by atoms with Crippen LogP contribution >= 0.6 is 0 Å². The molecule has 0 spiro atoms. The predicted octanol–water partition coefficient (Wildman–Crippen LogP) is 15.2. The van der Waals surface area contributed by atoms with E-state index in [1.807, 2.05) is 0 Å². The largest absolute Gasteiger partial charge is 0.394 e. The van der Waals surface area contributed by atoms with Crippen molar-refractivity contribution in [1.82, 2.24) is 5.32 Å². The summed E-state index contributed by atoms with van der Waals surface area (Å²) in [6.45, 7) is 3.72. The first kappa shape index (κ1) is 68.1. The molecule has 0 radical (unpaired) electrons. The Morgan fingerprint density at radius 2 is 0.849 bits per heavy atom. The number of nitrogens with one attached hydrogen (secondary N) is 1. The Morgan fingerprint density at radius 1 is 0.479 bits per heavy atom. The Morgan fingerprint density at radius 3 is 1.26 bits per heavy atom. The zero-order chi connectivity index (χ0) is 52.9. The average Bonchev–Trinajstić information content (AvgIpc) is 3.39. The van der Waals surface area contributed by atoms with Gasteiger partial charge in [0.2, 0.25) is 5.91 Å². The Bertz CT molecular complexity index is 1460. The molecule has 9 nitrogen and oxygen atoms in total. The number of carbonyl (C=O) groups is 1. The maximum absolute atomic E-state index is 13.1. The van der Waals surface area contributed by atoms with Crippen LogP contribution in [0.5, 0.6) is 0 Å². The molecular formula is C64H111NO8. The van der Waals surface area contributed by atoms with Crippen LogP contribution < -0.4 is 5.32 Å². The highest BCUT2D eigenvalue weighted by atomic mass is 16.7. The van der Waals surface area contributed by atoms with Gasteiger partial charge >= 0.3 is 0 Å². The number of aliphatic hydroxyl groups is 5. The number of ether oxygens (including phenoxy) is 2. The smallest absolute Gasteiger partial charge is 0.220 e. The molecule has 0 aromatic rings. The number of unbranched alkanes of at least 4 members (excludes halogenated alkanes) is 24. The average molecular weight is 1020 g/mol. The van der Waals surface area contributed by atoms with Crippen molar-refractivity contribution in [3.05, 3.63) is 97.2 Å². The quantitative estimate of drug-likeness (QED) is 0.0261. The molecule has 1 aliphatic heterocycles. The van der Waals surface area contributed by atoms with Crippen molar-refractivity contribution in [3.8, 4) is 0 Å². The second kappa shape index (κ2) is 52.5. The number of rotatable bonds is 50. The summed E-state index contributed by atoms with van der Waals surface area (Å²) in [5.41, 5.74) is 0. The SMILES string of the molecule is CC/C=C\C/C=C\C/C=C\C/C=C\C/C=C\C/C=C\C/C=C\C/C=C\CCCCCCCCCCCCCCC(=O)NC(COC1OC(CO)C(O)C(O)C1O)C(O)CCCCCCCCCCCCCCC. The van der Waals surface area contributed by atoms with E-state index in [1.165, 1.54) is 128 Å². The number of hydrogen-bond acceptors (Lipinski definition) is 8. The van der Waals surface area contributed by atoms with Crippen molar-refractivity contribution in [3.63, 3.8) is 0 Å². The van der Waals surface area contributed by atoms with Gasteiger partial charge in [0.25, 0.3) is 0 Å². The van der Waals surface area contributed by atoms with Crippen molar-refractivity contribution < 1.29 is 39.8 Å². The first-order valence-electron chi connectivity index (χ1n) is 29.9. The van der Waals surface area contributed by atoms with Gasteiger partial charge < -0.3 is 40.3 Å². The van der Waals surface area contributed by atoms with Gasteiger partial charge in [-0.2, -0.15) is 0 Å². The fraction of sp³-hybridized carbons (Fsp3) is 0.734. The number of amides is 1. The van der Waals surface area contributed by atoms with Crippen molar-refractivity contribution in [2.75, 3.05) is 13.2 Å². The predicted molar refractivity (Wildman–Crippen MR) is 308 cm³/mol. The Balaban J connectivity index is 2.12. The minimum absolute atomic E-state index is 0.142. The lowest BCUT2D eigenvalue weighted by Crippen LogP contribution is -2.60. The molecule has 1 heterocycles. The molecule has 0 bridgehead atoms. The van der Waals surface area contributed by atoms with Crippen LogP contribution in [0.1, 0.15) is 245 Å². The highest BCUT2D eigenvalue weighted by molar-refractivity contribution is 5.76. The molecule has 7 atom stereocenters. The second-order valence-electron chi connectivity index (χ2n) is 20.4. The van der Waals surface area contributed by atoms with Gasteiger partial charge in [0, 0.05) is 6.42 Å². The summed E-state index contributed by atoms with van der Waals surface area (Å²) in [7, 11) is 0. The lowest BCUT2D eigenvalue weighted by Gasteiger charge is -2.40. The molecule has 1 aliphatic rings. The molecular weight excluding hydrogens is 911 g/mol. The molecule has 7 unspecified atom stereocenters. The van der Waals surface area contributed by atoms with Crippen LogP contribution in [-0.2, 0) is 14.3 Å². The number of hydrogen-bond donors (Lipinski definition) is 6. The zero-order valence-corrected chi connectivity index (χ0v) is 46.6. The summed E-state index contributed by atoms with van der Waals surface area (Å²) in [6.07, 6.45) is 68.7. The molecule has 9 heteroatoms. The van der Waals surface area contributed by atoms with Crippen molar-refractivity contribution in [1.29, 1.82) is 0 Å². The molecule has 1 amide bonds. The second-order valence-corrected chi connectivity index (χ2v) is 20.4. The van der Waals surface area contributed by atoms with Crippen molar-refractivity contribution in [2.45, 2.75) is 288 Å². The Hall–Kier alpha value is -2.89. The van der Waals surface area contributed by atoms with Crippen molar-refractivity contribution >= 4 is 5.91 Å². The zero-order valence-electron chi connectivity index (χ0n) is 46.6. The fourth-order valence-electron chi connectivity index (χ4n) is 9.00.